The Labute approximate surface area is 109 Å². The van der Waals surface area contributed by atoms with Crippen LogP contribution in [-0.4, -0.2) is 16.2 Å². The molecule has 1 atom stereocenters. The number of hydrogen-bond acceptors (Lipinski definition) is 4. The van der Waals surface area contributed by atoms with E-state index in [-0.39, 0.29) is 35.6 Å². The molecule has 0 spiro atoms. The molecule has 1 aliphatic rings. The van der Waals surface area contributed by atoms with Crippen LogP contribution in [0.5, 0.6) is 17.2 Å². The lowest BCUT2D eigenvalue weighted by Gasteiger charge is -2.25. The highest BCUT2D eigenvalue weighted by Crippen LogP contribution is 2.45. The number of ether oxygens (including phenoxy) is 1. The van der Waals surface area contributed by atoms with Crippen molar-refractivity contribution in [3.05, 3.63) is 53.6 Å². The van der Waals surface area contributed by atoms with Crippen molar-refractivity contribution < 1.29 is 19.7 Å². The lowest BCUT2D eigenvalue weighted by Crippen LogP contribution is -2.21. The van der Waals surface area contributed by atoms with Crippen molar-refractivity contribution in [2.24, 2.45) is 0 Å². The fraction of sp³-hybridized carbons (Fsp3) is 0.133. The number of phenolic OH excluding ortho intramolecular Hbond substituents is 2. The highest BCUT2D eigenvalue weighted by molar-refractivity contribution is 5.79. The number of carbonyl (C=O) groups is 1. The van der Waals surface area contributed by atoms with Gasteiger partial charge in [-0.3, -0.25) is 4.79 Å². The quantitative estimate of drug-likeness (QED) is 0.607. The molecule has 0 bridgehead atoms. The molecule has 0 fully saturated rings. The molecule has 2 aromatic carbocycles. The first-order chi connectivity index (χ1) is 9.15. The third-order valence-corrected chi connectivity index (χ3v) is 3.25. The summed E-state index contributed by atoms with van der Waals surface area (Å²) in [5, 5.41) is 19.5. The van der Waals surface area contributed by atoms with E-state index in [9.17, 15) is 15.0 Å². The summed E-state index contributed by atoms with van der Waals surface area (Å²) in [6, 6.07) is 12.1. The lowest BCUT2D eigenvalue weighted by atomic mass is 9.86. The highest BCUT2D eigenvalue weighted by Gasteiger charge is 2.31. The summed E-state index contributed by atoms with van der Waals surface area (Å²) >= 11 is 0. The monoisotopic (exact) mass is 256 g/mol. The minimum absolute atomic E-state index is 0.0589. The number of carbonyl (C=O) groups excluding carboxylic acids is 1. The van der Waals surface area contributed by atoms with E-state index >= 15 is 0 Å². The van der Waals surface area contributed by atoms with Gasteiger partial charge in [0.2, 0.25) is 0 Å². The van der Waals surface area contributed by atoms with E-state index in [0.717, 1.165) is 5.56 Å². The summed E-state index contributed by atoms with van der Waals surface area (Å²) in [6.07, 6.45) is 0.176. The van der Waals surface area contributed by atoms with Crippen molar-refractivity contribution in [2.75, 3.05) is 0 Å². The van der Waals surface area contributed by atoms with Gasteiger partial charge in [-0.25, -0.2) is 0 Å². The van der Waals surface area contributed by atoms with Crippen molar-refractivity contribution in [3.63, 3.8) is 0 Å². The van der Waals surface area contributed by atoms with Crippen molar-refractivity contribution >= 4 is 5.97 Å². The summed E-state index contributed by atoms with van der Waals surface area (Å²) in [5.74, 6) is -0.582. The molecule has 1 heterocycles. The van der Waals surface area contributed by atoms with Gasteiger partial charge < -0.3 is 14.9 Å². The van der Waals surface area contributed by atoms with Crippen LogP contribution < -0.4 is 4.74 Å². The second kappa shape index (κ2) is 4.31. The van der Waals surface area contributed by atoms with Crippen molar-refractivity contribution in [3.8, 4) is 17.2 Å². The van der Waals surface area contributed by atoms with E-state index in [1.165, 1.54) is 12.1 Å². The fourth-order valence-electron chi connectivity index (χ4n) is 2.44. The Bertz CT molecular complexity index is 634. The smallest absolute Gasteiger partial charge is 0.312 e. The van der Waals surface area contributed by atoms with Gasteiger partial charge in [0.05, 0.1) is 6.42 Å². The van der Waals surface area contributed by atoms with Gasteiger partial charge in [-0.15, -0.1) is 0 Å². The topological polar surface area (TPSA) is 66.8 Å². The minimum Gasteiger partial charge on any atom is -0.508 e. The molecule has 1 aliphatic heterocycles. The fourth-order valence-corrected chi connectivity index (χ4v) is 2.44. The van der Waals surface area contributed by atoms with Crippen molar-refractivity contribution in [1.29, 1.82) is 0 Å². The predicted octanol–water partition coefficient (Wildman–Crippen LogP) is 2.54. The average molecular weight is 256 g/mol. The summed E-state index contributed by atoms with van der Waals surface area (Å²) in [6.45, 7) is 0. The zero-order chi connectivity index (χ0) is 13.4. The predicted molar refractivity (Wildman–Crippen MR) is 68.3 cm³/mol. The molecule has 96 valence electrons. The van der Waals surface area contributed by atoms with Crippen molar-refractivity contribution in [2.45, 2.75) is 12.3 Å². The van der Waals surface area contributed by atoms with Crippen LogP contribution in [0.4, 0.5) is 0 Å². The first-order valence-electron chi connectivity index (χ1n) is 5.96. The zero-order valence-corrected chi connectivity index (χ0v) is 10.0. The summed E-state index contributed by atoms with van der Waals surface area (Å²) in [5.41, 5.74) is 1.48. The Morgan fingerprint density at radius 1 is 1.11 bits per heavy atom. The van der Waals surface area contributed by atoms with Crippen molar-refractivity contribution in [1.82, 2.24) is 0 Å². The Kier molecular flexibility index (Phi) is 2.63. The molecule has 0 aromatic heterocycles. The Morgan fingerprint density at radius 2 is 1.84 bits per heavy atom. The number of phenols is 2. The number of benzene rings is 2. The van der Waals surface area contributed by atoms with E-state index in [1.807, 2.05) is 30.3 Å². The summed E-state index contributed by atoms with van der Waals surface area (Å²) in [4.78, 5) is 11.6. The van der Waals surface area contributed by atoms with E-state index in [4.69, 9.17) is 4.74 Å². The largest absolute Gasteiger partial charge is 0.508 e. The molecule has 0 saturated heterocycles. The Morgan fingerprint density at radius 3 is 2.58 bits per heavy atom. The van der Waals surface area contributed by atoms with Gasteiger partial charge in [-0.05, 0) is 5.56 Å². The Balaban J connectivity index is 2.17. The molecule has 0 aliphatic carbocycles. The maximum atomic E-state index is 11.6. The molecular formula is C15H12O4. The van der Waals surface area contributed by atoms with Gasteiger partial charge >= 0.3 is 5.97 Å². The van der Waals surface area contributed by atoms with Gasteiger partial charge in [0.25, 0.3) is 0 Å². The number of hydrogen-bond donors (Lipinski definition) is 2. The summed E-state index contributed by atoms with van der Waals surface area (Å²) in [7, 11) is 0. The second-order valence-electron chi connectivity index (χ2n) is 4.52. The maximum absolute atomic E-state index is 11.6. The van der Waals surface area contributed by atoms with Crippen LogP contribution >= 0.6 is 0 Å². The maximum Gasteiger partial charge on any atom is 0.312 e. The Hall–Kier alpha value is -2.49. The van der Waals surface area contributed by atoms with Gasteiger partial charge in [-0.2, -0.15) is 0 Å². The van der Waals surface area contributed by atoms with E-state index in [1.54, 1.807) is 0 Å². The van der Waals surface area contributed by atoms with E-state index < -0.39 is 0 Å². The van der Waals surface area contributed by atoms with Crippen LogP contribution in [0.25, 0.3) is 0 Å². The van der Waals surface area contributed by atoms with Crippen LogP contribution in [0.3, 0.4) is 0 Å². The number of aromatic hydroxyl groups is 2. The first-order valence-corrected chi connectivity index (χ1v) is 5.96. The molecule has 2 aromatic rings. The van der Waals surface area contributed by atoms with Gasteiger partial charge in [0.15, 0.2) is 0 Å². The van der Waals surface area contributed by atoms with Crippen LogP contribution in [0.1, 0.15) is 23.5 Å². The molecule has 0 amide bonds. The molecule has 0 radical (unpaired) electrons. The standard InChI is InChI=1S/C15H12O4/c16-10-6-12(17)15-11(9-4-2-1-3-5-9)8-14(18)19-13(15)7-10/h1-7,11,16-17H,8H2/t11-/m1/s1. The summed E-state index contributed by atoms with van der Waals surface area (Å²) < 4.78 is 5.09. The molecule has 19 heavy (non-hydrogen) atoms. The zero-order valence-electron chi connectivity index (χ0n) is 10.0. The van der Waals surface area contributed by atoms with Crippen LogP contribution in [-0.2, 0) is 4.79 Å². The van der Waals surface area contributed by atoms with Crippen LogP contribution in [0.2, 0.25) is 0 Å². The van der Waals surface area contributed by atoms with E-state index in [0.29, 0.717) is 5.56 Å². The number of rotatable bonds is 1. The normalized spacial score (nSPS) is 17.7. The number of esters is 1. The third-order valence-electron chi connectivity index (χ3n) is 3.25. The first kappa shape index (κ1) is 11.6. The molecule has 4 nitrogen and oxygen atoms in total. The SMILES string of the molecule is O=C1C[C@H](c2ccccc2)c2c(O)cc(O)cc2O1. The van der Waals surface area contributed by atoms with Crippen LogP contribution in [0, 0.1) is 0 Å². The van der Waals surface area contributed by atoms with Gasteiger partial charge in [0.1, 0.15) is 17.2 Å². The van der Waals surface area contributed by atoms with E-state index in [2.05, 4.69) is 0 Å². The molecular weight excluding hydrogens is 244 g/mol. The molecule has 0 saturated carbocycles. The third kappa shape index (κ3) is 2.01. The van der Waals surface area contributed by atoms with Gasteiger partial charge in [0, 0.05) is 23.6 Å². The lowest BCUT2D eigenvalue weighted by molar-refractivity contribution is -0.135. The van der Waals surface area contributed by atoms with Crippen LogP contribution in [0.15, 0.2) is 42.5 Å². The minimum atomic E-state index is -0.369. The molecule has 2 N–H and O–H groups in total. The second-order valence-corrected chi connectivity index (χ2v) is 4.52. The molecule has 4 heteroatoms. The highest BCUT2D eigenvalue weighted by atomic mass is 16.5. The molecule has 0 unspecified atom stereocenters. The number of fused-ring (bicyclic) bond motifs is 1. The molecule has 3 rings (SSSR count). The van der Waals surface area contributed by atoms with Gasteiger partial charge in [-0.1, -0.05) is 30.3 Å². The average Bonchev–Trinajstić information content (AvgIpc) is 2.38.